The van der Waals surface area contributed by atoms with Crippen molar-refractivity contribution in [2.24, 2.45) is 0 Å². The van der Waals surface area contributed by atoms with Gasteiger partial charge in [-0.1, -0.05) is 48.5 Å². The van der Waals surface area contributed by atoms with Gasteiger partial charge in [-0.2, -0.15) is 5.10 Å². The molecule has 3 nitrogen and oxygen atoms in total. The number of benzene rings is 2. The highest BCUT2D eigenvalue weighted by Crippen LogP contribution is 2.29. The van der Waals surface area contributed by atoms with Crippen molar-refractivity contribution in [3.05, 3.63) is 83.7 Å². The fourth-order valence-corrected chi connectivity index (χ4v) is 3.41. The van der Waals surface area contributed by atoms with Gasteiger partial charge in [0.05, 0.1) is 17.6 Å². The highest BCUT2D eigenvalue weighted by molar-refractivity contribution is 5.38. The normalized spacial score (nSPS) is 17.5. The monoisotopic (exact) mass is 303 g/mol. The highest BCUT2D eigenvalue weighted by Gasteiger charge is 2.24. The molecule has 0 aliphatic carbocycles. The Morgan fingerprint density at radius 1 is 1.00 bits per heavy atom. The molecule has 2 heterocycles. The van der Waals surface area contributed by atoms with Crippen LogP contribution in [0.25, 0.3) is 5.69 Å². The Kier molecular flexibility index (Phi) is 3.95. The maximum atomic E-state index is 4.70. The van der Waals surface area contributed by atoms with E-state index < -0.39 is 0 Å². The first-order valence-electron chi connectivity index (χ1n) is 8.31. The third kappa shape index (κ3) is 2.92. The van der Waals surface area contributed by atoms with E-state index >= 15 is 0 Å². The van der Waals surface area contributed by atoms with Gasteiger partial charge in [-0.25, -0.2) is 4.68 Å². The molecule has 116 valence electrons. The number of para-hydroxylation sites is 1. The largest absolute Gasteiger partial charge is 0.309 e. The number of hydrogen-bond acceptors (Lipinski definition) is 2. The molecule has 0 spiro atoms. The Morgan fingerprint density at radius 2 is 1.74 bits per heavy atom. The first kappa shape index (κ1) is 14.2. The van der Waals surface area contributed by atoms with Crippen molar-refractivity contribution in [1.29, 1.82) is 0 Å². The summed E-state index contributed by atoms with van der Waals surface area (Å²) >= 11 is 0. The van der Waals surface area contributed by atoms with Gasteiger partial charge in [0, 0.05) is 12.5 Å². The Labute approximate surface area is 137 Å². The summed E-state index contributed by atoms with van der Waals surface area (Å²) in [6.07, 6.45) is 5.38. The minimum Gasteiger partial charge on any atom is -0.309 e. The van der Waals surface area contributed by atoms with E-state index in [2.05, 4.69) is 64.6 Å². The number of hydrogen-bond donors (Lipinski definition) is 1. The van der Waals surface area contributed by atoms with Gasteiger partial charge in [0.2, 0.25) is 0 Å². The molecule has 0 radical (unpaired) electrons. The second kappa shape index (κ2) is 6.39. The molecule has 23 heavy (non-hydrogen) atoms. The molecule has 1 atom stereocenters. The van der Waals surface area contributed by atoms with Crippen LogP contribution in [0, 0.1) is 0 Å². The van der Waals surface area contributed by atoms with E-state index in [0.717, 1.165) is 18.7 Å². The van der Waals surface area contributed by atoms with Crippen molar-refractivity contribution in [3.8, 4) is 5.69 Å². The lowest BCUT2D eigenvalue weighted by Gasteiger charge is -2.16. The average Bonchev–Trinajstić information content (AvgIpc) is 3.26. The smallest absolute Gasteiger partial charge is 0.0649 e. The summed E-state index contributed by atoms with van der Waals surface area (Å²) in [5.74, 6) is 0. The molecule has 1 aromatic heterocycles. The van der Waals surface area contributed by atoms with Crippen LogP contribution in [0.5, 0.6) is 0 Å². The number of rotatable bonds is 4. The summed E-state index contributed by atoms with van der Waals surface area (Å²) in [4.78, 5) is 0. The molecule has 0 bridgehead atoms. The molecule has 1 N–H and O–H groups in total. The highest BCUT2D eigenvalue weighted by atomic mass is 15.3. The predicted octanol–water partition coefficient (Wildman–Crippen LogP) is 3.89. The van der Waals surface area contributed by atoms with Crippen LogP contribution in [-0.4, -0.2) is 16.3 Å². The van der Waals surface area contributed by atoms with Crippen LogP contribution < -0.4 is 5.32 Å². The SMILES string of the molecule is c1ccc(Cc2cnn(-c3ccccc3)c2C2CCCN2)cc1. The van der Waals surface area contributed by atoms with Crippen molar-refractivity contribution >= 4 is 0 Å². The van der Waals surface area contributed by atoms with Crippen LogP contribution in [-0.2, 0) is 6.42 Å². The quantitative estimate of drug-likeness (QED) is 0.792. The van der Waals surface area contributed by atoms with Gasteiger partial charge in [-0.15, -0.1) is 0 Å². The maximum Gasteiger partial charge on any atom is 0.0649 e. The van der Waals surface area contributed by atoms with E-state index in [1.165, 1.54) is 29.7 Å². The molecule has 2 aromatic carbocycles. The van der Waals surface area contributed by atoms with Crippen LogP contribution >= 0.6 is 0 Å². The topological polar surface area (TPSA) is 29.9 Å². The Balaban J connectivity index is 1.75. The lowest BCUT2D eigenvalue weighted by molar-refractivity contribution is 0.595. The van der Waals surface area contributed by atoms with E-state index in [1.807, 2.05) is 12.3 Å². The lowest BCUT2D eigenvalue weighted by Crippen LogP contribution is -2.18. The Morgan fingerprint density at radius 3 is 2.43 bits per heavy atom. The molecule has 1 aliphatic rings. The van der Waals surface area contributed by atoms with Crippen LogP contribution in [0.2, 0.25) is 0 Å². The number of nitrogens with zero attached hydrogens (tertiary/aromatic N) is 2. The number of nitrogens with one attached hydrogen (secondary N) is 1. The van der Waals surface area contributed by atoms with E-state index in [0.29, 0.717) is 6.04 Å². The summed E-state index contributed by atoms with van der Waals surface area (Å²) in [6.45, 7) is 1.09. The summed E-state index contributed by atoms with van der Waals surface area (Å²) in [7, 11) is 0. The maximum absolute atomic E-state index is 4.70. The molecule has 3 aromatic rings. The first-order chi connectivity index (χ1) is 11.4. The average molecular weight is 303 g/mol. The van der Waals surface area contributed by atoms with Gasteiger partial charge in [-0.05, 0) is 42.6 Å². The third-order valence-corrected chi connectivity index (χ3v) is 4.51. The second-order valence-corrected chi connectivity index (χ2v) is 6.11. The van der Waals surface area contributed by atoms with Gasteiger partial charge in [0.1, 0.15) is 0 Å². The fourth-order valence-electron chi connectivity index (χ4n) is 3.41. The van der Waals surface area contributed by atoms with Crippen LogP contribution in [0.15, 0.2) is 66.9 Å². The van der Waals surface area contributed by atoms with Gasteiger partial charge in [0.15, 0.2) is 0 Å². The molecule has 0 amide bonds. The van der Waals surface area contributed by atoms with E-state index in [9.17, 15) is 0 Å². The van der Waals surface area contributed by atoms with E-state index in [-0.39, 0.29) is 0 Å². The van der Waals surface area contributed by atoms with Gasteiger partial charge in [0.25, 0.3) is 0 Å². The molecular formula is C20H21N3. The lowest BCUT2D eigenvalue weighted by atomic mass is 10.0. The predicted molar refractivity (Wildman–Crippen MR) is 92.8 cm³/mol. The van der Waals surface area contributed by atoms with Crippen LogP contribution in [0.1, 0.15) is 35.7 Å². The van der Waals surface area contributed by atoms with Crippen molar-refractivity contribution in [3.63, 3.8) is 0 Å². The molecule has 1 fully saturated rings. The second-order valence-electron chi connectivity index (χ2n) is 6.11. The first-order valence-corrected chi connectivity index (χ1v) is 8.31. The summed E-state index contributed by atoms with van der Waals surface area (Å²) < 4.78 is 2.11. The third-order valence-electron chi connectivity index (χ3n) is 4.51. The van der Waals surface area contributed by atoms with Gasteiger partial charge >= 0.3 is 0 Å². The zero-order valence-corrected chi connectivity index (χ0v) is 13.2. The zero-order valence-electron chi connectivity index (χ0n) is 13.2. The minimum absolute atomic E-state index is 0.399. The zero-order chi connectivity index (χ0) is 15.5. The number of aromatic nitrogens is 2. The summed E-state index contributed by atoms with van der Waals surface area (Å²) in [6, 6.07) is 21.5. The molecule has 0 saturated carbocycles. The van der Waals surface area contributed by atoms with Crippen LogP contribution in [0.3, 0.4) is 0 Å². The fraction of sp³-hybridized carbons (Fsp3) is 0.250. The molecule has 1 saturated heterocycles. The van der Waals surface area contributed by atoms with E-state index in [1.54, 1.807) is 0 Å². The van der Waals surface area contributed by atoms with Crippen LogP contribution in [0.4, 0.5) is 0 Å². The van der Waals surface area contributed by atoms with Gasteiger partial charge < -0.3 is 5.32 Å². The Bertz CT molecular complexity index is 756. The summed E-state index contributed by atoms with van der Waals surface area (Å²) in [5, 5.41) is 8.34. The van der Waals surface area contributed by atoms with Crippen molar-refractivity contribution < 1.29 is 0 Å². The molecule has 1 unspecified atom stereocenters. The Hall–Kier alpha value is -2.39. The standard InChI is InChI=1S/C20H21N3/c1-3-8-16(9-4-1)14-17-15-22-23(18-10-5-2-6-11-18)20(17)19-12-7-13-21-19/h1-6,8-11,15,19,21H,7,12-14H2. The van der Waals surface area contributed by atoms with E-state index in [4.69, 9.17) is 5.10 Å². The van der Waals surface area contributed by atoms with Crippen molar-refractivity contribution in [2.75, 3.05) is 6.54 Å². The van der Waals surface area contributed by atoms with Gasteiger partial charge in [-0.3, -0.25) is 0 Å². The summed E-state index contributed by atoms with van der Waals surface area (Å²) in [5.41, 5.74) is 5.10. The molecule has 1 aliphatic heterocycles. The van der Waals surface area contributed by atoms with Crippen molar-refractivity contribution in [2.45, 2.75) is 25.3 Å². The minimum atomic E-state index is 0.399. The molecule has 4 rings (SSSR count). The van der Waals surface area contributed by atoms with Crippen molar-refractivity contribution in [1.82, 2.24) is 15.1 Å². The molecule has 3 heteroatoms. The molecular weight excluding hydrogens is 282 g/mol.